The molecule has 7 heteroatoms. The third-order valence-electron chi connectivity index (χ3n) is 2.75. The number of amides is 1. The molecular weight excluding hydrogens is 240 g/mol. The van der Waals surface area contributed by atoms with Crippen LogP contribution in [0.4, 0.5) is 13.2 Å². The lowest BCUT2D eigenvalue weighted by molar-refractivity contribution is -0.174. The van der Waals surface area contributed by atoms with E-state index in [1.165, 1.54) is 0 Å². The van der Waals surface area contributed by atoms with Gasteiger partial charge < -0.3 is 5.32 Å². The summed E-state index contributed by atoms with van der Waals surface area (Å²) in [5, 5.41) is 2.06. The van der Waals surface area contributed by atoms with Crippen LogP contribution in [0.15, 0.2) is 0 Å². The molecule has 0 aliphatic carbocycles. The molecule has 3 nitrogen and oxygen atoms in total. The largest absolute Gasteiger partial charge is 0.471 e. The summed E-state index contributed by atoms with van der Waals surface area (Å²) >= 11 is 0. The highest BCUT2D eigenvalue weighted by Crippen LogP contribution is 2.28. The fourth-order valence-electron chi connectivity index (χ4n) is 2.09. The SMILES string of the molecule is CC(C)C1C(NC(=O)C(F)(F)F)CCN1P. The molecule has 0 aromatic rings. The first kappa shape index (κ1) is 13.7. The standard InChI is InChI=1S/C9H16F3N2OP/c1-5(2)7-6(3-4-14(7)16)13-8(15)9(10,11)12/h5-7H,3-4,16H2,1-2H3,(H,13,15). The molecule has 3 unspecified atom stereocenters. The van der Waals surface area contributed by atoms with Crippen LogP contribution in [-0.4, -0.2) is 35.4 Å². The van der Waals surface area contributed by atoms with Crippen LogP contribution in [0.25, 0.3) is 0 Å². The van der Waals surface area contributed by atoms with Gasteiger partial charge in [-0.2, -0.15) is 13.2 Å². The molecule has 1 fully saturated rings. The Hall–Kier alpha value is -0.350. The molecule has 0 aromatic carbocycles. The molecule has 1 N–H and O–H groups in total. The van der Waals surface area contributed by atoms with Crippen LogP contribution in [0, 0.1) is 5.92 Å². The number of rotatable bonds is 2. The van der Waals surface area contributed by atoms with Crippen LogP contribution < -0.4 is 5.32 Å². The molecule has 1 saturated heterocycles. The van der Waals surface area contributed by atoms with E-state index in [4.69, 9.17) is 0 Å². The van der Waals surface area contributed by atoms with Crippen molar-refractivity contribution in [3.8, 4) is 0 Å². The van der Waals surface area contributed by atoms with Crippen LogP contribution in [0.3, 0.4) is 0 Å². The monoisotopic (exact) mass is 256 g/mol. The maximum absolute atomic E-state index is 12.1. The first-order valence-corrected chi connectivity index (χ1v) is 5.64. The van der Waals surface area contributed by atoms with Crippen LogP contribution in [-0.2, 0) is 4.79 Å². The van der Waals surface area contributed by atoms with E-state index in [0.29, 0.717) is 13.0 Å². The van der Waals surface area contributed by atoms with Crippen molar-refractivity contribution in [2.45, 2.75) is 38.5 Å². The number of hydrogen-bond donors (Lipinski definition) is 1. The van der Waals surface area contributed by atoms with Gasteiger partial charge in [0.25, 0.3) is 0 Å². The minimum atomic E-state index is -4.80. The smallest absolute Gasteiger partial charge is 0.344 e. The second kappa shape index (κ2) is 4.88. The van der Waals surface area contributed by atoms with Crippen molar-refractivity contribution in [1.82, 2.24) is 9.99 Å². The summed E-state index contributed by atoms with van der Waals surface area (Å²) < 4.78 is 38.2. The molecule has 0 saturated carbocycles. The molecule has 1 amide bonds. The zero-order chi connectivity index (χ0) is 12.5. The Kier molecular flexibility index (Phi) is 4.18. The van der Waals surface area contributed by atoms with E-state index in [1.54, 1.807) is 0 Å². The van der Waals surface area contributed by atoms with E-state index in [9.17, 15) is 18.0 Å². The van der Waals surface area contributed by atoms with E-state index < -0.39 is 18.1 Å². The normalized spacial score (nSPS) is 27.4. The van der Waals surface area contributed by atoms with Gasteiger partial charge in [0.2, 0.25) is 0 Å². The van der Waals surface area contributed by atoms with E-state index >= 15 is 0 Å². The molecule has 1 heterocycles. The van der Waals surface area contributed by atoms with Crippen molar-refractivity contribution in [3.63, 3.8) is 0 Å². The average Bonchev–Trinajstić information content (AvgIpc) is 2.45. The highest BCUT2D eigenvalue weighted by atomic mass is 31.0. The second-order valence-corrected chi connectivity index (χ2v) is 5.00. The molecule has 0 radical (unpaired) electrons. The number of carbonyl (C=O) groups excluding carboxylic acids is 1. The summed E-state index contributed by atoms with van der Waals surface area (Å²) in [6, 6.07) is -0.483. The van der Waals surface area contributed by atoms with Crippen molar-refractivity contribution >= 4 is 15.3 Å². The molecule has 1 aliphatic heterocycles. The molecular formula is C9H16F3N2OP. The van der Waals surface area contributed by atoms with Crippen LogP contribution in [0.5, 0.6) is 0 Å². The zero-order valence-corrected chi connectivity index (χ0v) is 10.4. The molecule has 3 atom stereocenters. The Balaban J connectivity index is 2.64. The Morgan fingerprint density at radius 2 is 2.06 bits per heavy atom. The number of halogens is 3. The lowest BCUT2D eigenvalue weighted by Gasteiger charge is -2.29. The van der Waals surface area contributed by atoms with Gasteiger partial charge in [0.05, 0.1) is 0 Å². The van der Waals surface area contributed by atoms with Gasteiger partial charge >= 0.3 is 12.1 Å². The number of nitrogens with zero attached hydrogens (tertiary/aromatic N) is 1. The van der Waals surface area contributed by atoms with Crippen LogP contribution >= 0.6 is 9.39 Å². The molecule has 94 valence electrons. The van der Waals surface area contributed by atoms with Crippen LogP contribution in [0.1, 0.15) is 20.3 Å². The summed E-state index contributed by atoms with van der Waals surface area (Å²) in [5.41, 5.74) is 0. The highest BCUT2D eigenvalue weighted by molar-refractivity contribution is 7.13. The van der Waals surface area contributed by atoms with Gasteiger partial charge in [-0.15, -0.1) is 0 Å². The molecule has 0 bridgehead atoms. The predicted molar refractivity (Wildman–Crippen MR) is 57.6 cm³/mol. The first-order valence-electron chi connectivity index (χ1n) is 5.12. The Labute approximate surface area is 95.0 Å². The molecule has 1 rings (SSSR count). The summed E-state index contributed by atoms with van der Waals surface area (Å²) in [4.78, 5) is 10.8. The fraction of sp³-hybridized carbons (Fsp3) is 0.889. The van der Waals surface area contributed by atoms with Crippen molar-refractivity contribution in [1.29, 1.82) is 0 Å². The number of alkyl halides is 3. The van der Waals surface area contributed by atoms with Gasteiger partial charge in [-0.1, -0.05) is 23.2 Å². The molecule has 1 aliphatic rings. The highest BCUT2D eigenvalue weighted by Gasteiger charge is 2.43. The van der Waals surface area contributed by atoms with E-state index in [2.05, 4.69) is 14.7 Å². The van der Waals surface area contributed by atoms with Gasteiger partial charge in [0.15, 0.2) is 0 Å². The summed E-state index contributed by atoms with van der Waals surface area (Å²) in [6.45, 7) is 4.54. The minimum absolute atomic E-state index is 0.0590. The quantitative estimate of drug-likeness (QED) is 0.760. The maximum atomic E-state index is 12.1. The molecule has 16 heavy (non-hydrogen) atoms. The summed E-state index contributed by atoms with van der Waals surface area (Å²) in [5.74, 6) is -1.65. The summed E-state index contributed by atoms with van der Waals surface area (Å²) in [7, 11) is 2.50. The minimum Gasteiger partial charge on any atom is -0.344 e. The molecule has 0 spiro atoms. The fourth-order valence-corrected chi connectivity index (χ4v) is 2.80. The second-order valence-electron chi connectivity index (χ2n) is 4.34. The average molecular weight is 256 g/mol. The number of hydrogen-bond acceptors (Lipinski definition) is 2. The van der Waals surface area contributed by atoms with Gasteiger partial charge in [-0.25, -0.2) is 0 Å². The first-order chi connectivity index (χ1) is 7.23. The molecule has 0 aromatic heterocycles. The van der Waals surface area contributed by atoms with Crippen molar-refractivity contribution in [2.24, 2.45) is 5.92 Å². The van der Waals surface area contributed by atoms with Crippen molar-refractivity contribution in [2.75, 3.05) is 6.54 Å². The van der Waals surface area contributed by atoms with Gasteiger partial charge in [0.1, 0.15) is 0 Å². The van der Waals surface area contributed by atoms with E-state index in [0.717, 1.165) is 0 Å². The lowest BCUT2D eigenvalue weighted by Crippen LogP contribution is -2.49. The Bertz CT molecular complexity index is 270. The topological polar surface area (TPSA) is 32.3 Å². The van der Waals surface area contributed by atoms with Gasteiger partial charge in [0, 0.05) is 18.6 Å². The Morgan fingerprint density at radius 1 is 1.50 bits per heavy atom. The maximum Gasteiger partial charge on any atom is 0.471 e. The van der Waals surface area contributed by atoms with Gasteiger partial charge in [-0.3, -0.25) is 9.46 Å². The van der Waals surface area contributed by atoms with Crippen molar-refractivity contribution < 1.29 is 18.0 Å². The zero-order valence-electron chi connectivity index (χ0n) is 9.21. The number of carbonyl (C=O) groups is 1. The van der Waals surface area contributed by atoms with E-state index in [-0.39, 0.29) is 12.0 Å². The number of nitrogens with one attached hydrogen (secondary N) is 1. The lowest BCUT2D eigenvalue weighted by atomic mass is 9.98. The van der Waals surface area contributed by atoms with Crippen molar-refractivity contribution in [3.05, 3.63) is 0 Å². The van der Waals surface area contributed by atoms with E-state index in [1.807, 2.05) is 18.5 Å². The van der Waals surface area contributed by atoms with Gasteiger partial charge in [-0.05, 0) is 12.3 Å². The van der Waals surface area contributed by atoms with Crippen LogP contribution in [0.2, 0.25) is 0 Å². The third kappa shape index (κ3) is 3.08. The predicted octanol–water partition coefficient (Wildman–Crippen LogP) is 1.55. The Morgan fingerprint density at radius 3 is 2.50 bits per heavy atom. The third-order valence-corrected chi connectivity index (χ3v) is 3.35. The summed E-state index contributed by atoms with van der Waals surface area (Å²) in [6.07, 6.45) is -4.25.